The van der Waals surface area contributed by atoms with Crippen molar-refractivity contribution in [1.82, 2.24) is 14.8 Å². The minimum Gasteiger partial charge on any atom is -0.394 e. The first-order valence-corrected chi connectivity index (χ1v) is 7.59. The van der Waals surface area contributed by atoms with E-state index in [1.807, 2.05) is 24.0 Å². The zero-order valence-corrected chi connectivity index (χ0v) is 12.3. The average Bonchev–Trinajstić information content (AvgIpc) is 3.18. The summed E-state index contributed by atoms with van der Waals surface area (Å²) in [5.74, 6) is 0. The molecule has 6 heteroatoms. The molecule has 0 aliphatic carbocycles. The second kappa shape index (κ2) is 6.51. The summed E-state index contributed by atoms with van der Waals surface area (Å²) in [6, 6.07) is 8.23. The highest BCUT2D eigenvalue weighted by Gasteiger charge is 2.01. The molecule has 2 N–H and O–H groups in total. The molecule has 0 saturated heterocycles. The van der Waals surface area contributed by atoms with Crippen LogP contribution in [-0.2, 0) is 13.1 Å². The van der Waals surface area contributed by atoms with E-state index < -0.39 is 0 Å². The smallest absolute Gasteiger partial charge is 0.123 e. The Labute approximate surface area is 126 Å². The van der Waals surface area contributed by atoms with E-state index in [2.05, 4.69) is 39.7 Å². The van der Waals surface area contributed by atoms with Crippen LogP contribution in [0.25, 0.3) is 10.6 Å². The van der Waals surface area contributed by atoms with Crippen LogP contribution in [0.4, 0.5) is 5.69 Å². The third kappa shape index (κ3) is 3.48. The summed E-state index contributed by atoms with van der Waals surface area (Å²) in [4.78, 5) is 4.30. The zero-order valence-electron chi connectivity index (χ0n) is 11.4. The van der Waals surface area contributed by atoms with Gasteiger partial charge >= 0.3 is 0 Å². The van der Waals surface area contributed by atoms with Crippen LogP contribution in [0.3, 0.4) is 0 Å². The van der Waals surface area contributed by atoms with E-state index in [9.17, 15) is 0 Å². The molecular formula is C15H16N4OS. The molecule has 0 amide bonds. The van der Waals surface area contributed by atoms with Crippen LogP contribution in [-0.4, -0.2) is 26.5 Å². The monoisotopic (exact) mass is 300 g/mol. The Morgan fingerprint density at radius 3 is 2.81 bits per heavy atom. The highest BCUT2D eigenvalue weighted by Crippen LogP contribution is 2.23. The minimum absolute atomic E-state index is 0.104. The Bertz CT molecular complexity index is 676. The van der Waals surface area contributed by atoms with Crippen molar-refractivity contribution in [1.29, 1.82) is 0 Å². The summed E-state index contributed by atoms with van der Waals surface area (Å²) < 4.78 is 1.74. The van der Waals surface area contributed by atoms with Gasteiger partial charge in [0.15, 0.2) is 0 Å². The van der Waals surface area contributed by atoms with Gasteiger partial charge in [0.05, 0.1) is 19.3 Å². The molecule has 3 rings (SSSR count). The van der Waals surface area contributed by atoms with Gasteiger partial charge in [0, 0.05) is 41.1 Å². The molecule has 0 aliphatic rings. The minimum atomic E-state index is 0.104. The van der Waals surface area contributed by atoms with E-state index in [0.29, 0.717) is 13.1 Å². The van der Waals surface area contributed by atoms with Crippen molar-refractivity contribution in [2.24, 2.45) is 0 Å². The predicted octanol–water partition coefficient (Wildman–Crippen LogP) is 2.61. The molecule has 0 spiro atoms. The molecule has 0 fully saturated rings. The number of aliphatic hydroxyl groups excluding tert-OH is 1. The number of aliphatic hydroxyl groups is 1. The number of aromatic nitrogens is 3. The van der Waals surface area contributed by atoms with Gasteiger partial charge in [0.1, 0.15) is 5.01 Å². The molecule has 108 valence electrons. The fraction of sp³-hybridized carbons (Fsp3) is 0.200. The maximum absolute atomic E-state index is 8.86. The molecule has 0 atom stereocenters. The van der Waals surface area contributed by atoms with Crippen molar-refractivity contribution in [2.45, 2.75) is 13.1 Å². The van der Waals surface area contributed by atoms with E-state index in [-0.39, 0.29) is 6.61 Å². The number of nitrogens with zero attached hydrogens (tertiary/aromatic N) is 3. The van der Waals surface area contributed by atoms with E-state index in [1.165, 1.54) is 0 Å². The lowest BCUT2D eigenvalue weighted by Gasteiger charge is -2.05. The van der Waals surface area contributed by atoms with Crippen LogP contribution < -0.4 is 5.32 Å². The Kier molecular flexibility index (Phi) is 4.28. The predicted molar refractivity (Wildman–Crippen MR) is 84.2 cm³/mol. The zero-order chi connectivity index (χ0) is 14.5. The highest BCUT2D eigenvalue weighted by molar-refractivity contribution is 7.13. The number of benzene rings is 1. The number of nitrogens with one attached hydrogen (secondary N) is 1. The Morgan fingerprint density at radius 2 is 2.10 bits per heavy atom. The van der Waals surface area contributed by atoms with Crippen LogP contribution in [0.5, 0.6) is 0 Å². The Hall–Kier alpha value is -2.18. The molecule has 21 heavy (non-hydrogen) atoms. The van der Waals surface area contributed by atoms with Gasteiger partial charge < -0.3 is 10.4 Å². The van der Waals surface area contributed by atoms with Crippen LogP contribution in [0, 0.1) is 0 Å². The van der Waals surface area contributed by atoms with Gasteiger partial charge in [-0.15, -0.1) is 11.3 Å². The van der Waals surface area contributed by atoms with Gasteiger partial charge in [-0.2, -0.15) is 5.10 Å². The van der Waals surface area contributed by atoms with Gasteiger partial charge in [0.2, 0.25) is 0 Å². The first kappa shape index (κ1) is 13.8. The molecule has 2 heterocycles. The van der Waals surface area contributed by atoms with E-state index in [1.54, 1.807) is 16.0 Å². The maximum atomic E-state index is 8.86. The fourth-order valence-electron chi connectivity index (χ4n) is 2.02. The fourth-order valence-corrected chi connectivity index (χ4v) is 2.67. The van der Waals surface area contributed by atoms with E-state index in [0.717, 1.165) is 21.8 Å². The lowest BCUT2D eigenvalue weighted by atomic mass is 10.2. The maximum Gasteiger partial charge on any atom is 0.123 e. The van der Waals surface area contributed by atoms with Gasteiger partial charge in [-0.05, 0) is 24.3 Å². The summed E-state index contributed by atoms with van der Waals surface area (Å²) in [5.41, 5.74) is 3.28. The van der Waals surface area contributed by atoms with Crippen molar-refractivity contribution in [2.75, 3.05) is 11.9 Å². The van der Waals surface area contributed by atoms with Gasteiger partial charge in [-0.3, -0.25) is 4.68 Å². The highest BCUT2D eigenvalue weighted by atomic mass is 32.1. The van der Waals surface area contributed by atoms with Crippen molar-refractivity contribution in [3.05, 3.63) is 53.8 Å². The molecule has 5 nitrogen and oxygen atoms in total. The lowest BCUT2D eigenvalue weighted by Crippen LogP contribution is -2.02. The number of hydrogen-bond acceptors (Lipinski definition) is 5. The third-order valence-corrected chi connectivity index (χ3v) is 3.90. The summed E-state index contributed by atoms with van der Waals surface area (Å²) in [5, 5.41) is 19.4. The molecule has 0 bridgehead atoms. The lowest BCUT2D eigenvalue weighted by molar-refractivity contribution is 0.269. The van der Waals surface area contributed by atoms with Gasteiger partial charge in [0.25, 0.3) is 0 Å². The van der Waals surface area contributed by atoms with E-state index in [4.69, 9.17) is 5.11 Å². The molecule has 0 unspecified atom stereocenters. The Balaban J connectivity index is 1.60. The molecule has 0 aliphatic heterocycles. The normalized spacial score (nSPS) is 10.7. The second-order valence-electron chi connectivity index (χ2n) is 4.60. The molecule has 3 aromatic rings. The molecule has 2 aromatic heterocycles. The standard InChI is InChI=1S/C15H16N4OS/c20-7-6-19-11-12(10-18-19)9-17-14-3-1-13(2-4-14)15-16-5-8-21-15/h1-5,8,10-11,17,20H,6-7,9H2. The van der Waals surface area contributed by atoms with Gasteiger partial charge in [-0.25, -0.2) is 4.98 Å². The summed E-state index contributed by atoms with van der Waals surface area (Å²) in [6.07, 6.45) is 5.57. The van der Waals surface area contributed by atoms with Crippen molar-refractivity contribution < 1.29 is 5.11 Å². The summed E-state index contributed by atoms with van der Waals surface area (Å²) in [6.45, 7) is 1.34. The number of hydrogen-bond donors (Lipinski definition) is 2. The van der Waals surface area contributed by atoms with Crippen molar-refractivity contribution >= 4 is 17.0 Å². The first-order valence-electron chi connectivity index (χ1n) is 6.71. The van der Waals surface area contributed by atoms with Crippen LogP contribution in [0.2, 0.25) is 0 Å². The van der Waals surface area contributed by atoms with Gasteiger partial charge in [-0.1, -0.05) is 0 Å². The number of rotatable bonds is 6. The van der Waals surface area contributed by atoms with Crippen molar-refractivity contribution in [3.63, 3.8) is 0 Å². The first-order chi connectivity index (χ1) is 10.3. The molecule has 0 radical (unpaired) electrons. The topological polar surface area (TPSA) is 63.0 Å². The molecular weight excluding hydrogens is 284 g/mol. The Morgan fingerprint density at radius 1 is 1.24 bits per heavy atom. The SMILES string of the molecule is OCCn1cc(CNc2ccc(-c3nccs3)cc2)cn1. The number of anilines is 1. The quantitative estimate of drug-likeness (QED) is 0.734. The average molecular weight is 300 g/mol. The molecule has 0 saturated carbocycles. The van der Waals surface area contributed by atoms with Crippen LogP contribution in [0.15, 0.2) is 48.2 Å². The molecule has 1 aromatic carbocycles. The van der Waals surface area contributed by atoms with Crippen molar-refractivity contribution in [3.8, 4) is 10.6 Å². The third-order valence-electron chi connectivity index (χ3n) is 3.08. The number of thiazole rings is 1. The summed E-state index contributed by atoms with van der Waals surface area (Å²) >= 11 is 1.64. The summed E-state index contributed by atoms with van der Waals surface area (Å²) in [7, 11) is 0. The van der Waals surface area contributed by atoms with Crippen LogP contribution >= 0.6 is 11.3 Å². The van der Waals surface area contributed by atoms with E-state index >= 15 is 0 Å². The second-order valence-corrected chi connectivity index (χ2v) is 5.50. The largest absolute Gasteiger partial charge is 0.394 e. The van der Waals surface area contributed by atoms with Crippen LogP contribution in [0.1, 0.15) is 5.56 Å².